The average molecular weight is 189 g/mol. The van der Waals surface area contributed by atoms with E-state index in [0.717, 1.165) is 0 Å². The lowest BCUT2D eigenvalue weighted by atomic mass is 10.1. The predicted molar refractivity (Wildman–Crippen MR) is 49.2 cm³/mol. The van der Waals surface area contributed by atoms with Crippen LogP contribution in [-0.4, -0.2) is 30.9 Å². The van der Waals surface area contributed by atoms with E-state index in [-0.39, 0.29) is 6.54 Å². The van der Waals surface area contributed by atoms with Gasteiger partial charge in [0.15, 0.2) is 0 Å². The van der Waals surface area contributed by atoms with E-state index in [4.69, 9.17) is 11.6 Å². The Balaban J connectivity index is 4.15. The van der Waals surface area contributed by atoms with Crippen LogP contribution in [-0.2, 0) is 4.79 Å². The Morgan fingerprint density at radius 2 is 2.23 bits per heavy atom. The number of aldehydes is 1. The van der Waals surface area contributed by atoms with Crippen LogP contribution < -0.4 is 11.6 Å². The molecule has 0 amide bonds. The molecule has 4 nitrogen and oxygen atoms in total. The molecule has 0 heterocycles. The first-order valence-corrected chi connectivity index (χ1v) is 4.01. The van der Waals surface area contributed by atoms with Gasteiger partial charge in [-0.3, -0.25) is 5.84 Å². The molecule has 0 rings (SSSR count). The quantitative estimate of drug-likeness (QED) is 0.357. The summed E-state index contributed by atoms with van der Waals surface area (Å²) < 4.78 is 13.1. The van der Waals surface area contributed by atoms with E-state index in [9.17, 15) is 9.18 Å². The molecule has 0 bridgehead atoms. The number of hydrogen-bond acceptors (Lipinski definition) is 4. The fraction of sp³-hybridized carbons (Fsp3) is 0.625. The highest BCUT2D eigenvalue weighted by Crippen LogP contribution is 2.06. The normalized spacial score (nSPS) is 17.2. The molecule has 76 valence electrons. The van der Waals surface area contributed by atoms with Crippen LogP contribution in [0.15, 0.2) is 11.9 Å². The van der Waals surface area contributed by atoms with Gasteiger partial charge in [0.05, 0.1) is 6.04 Å². The third-order valence-corrected chi connectivity index (χ3v) is 1.48. The Hall–Kier alpha value is -0.780. The van der Waals surface area contributed by atoms with Gasteiger partial charge in [0.25, 0.3) is 0 Å². The monoisotopic (exact) mass is 189 g/mol. The molecule has 0 saturated carbocycles. The summed E-state index contributed by atoms with van der Waals surface area (Å²) >= 11 is 0. The van der Waals surface area contributed by atoms with Crippen LogP contribution in [0.5, 0.6) is 0 Å². The molecular weight excluding hydrogens is 173 g/mol. The highest BCUT2D eigenvalue weighted by molar-refractivity contribution is 5.55. The number of likely N-dealkylation sites (N-methyl/N-ethyl adjacent to an activating group) is 1. The SMILES string of the molecule is C[C@@H](C=O)/C=C(\F)C(N)CN(C)N. The molecule has 0 aromatic heterocycles. The Kier molecular flexibility index (Phi) is 5.45. The molecule has 13 heavy (non-hydrogen) atoms. The predicted octanol–water partition coefficient (Wildman–Crippen LogP) is -0.192. The van der Waals surface area contributed by atoms with Crippen LogP contribution in [0.2, 0.25) is 0 Å². The van der Waals surface area contributed by atoms with Crippen molar-refractivity contribution in [3.05, 3.63) is 11.9 Å². The lowest BCUT2D eigenvalue weighted by Crippen LogP contribution is -2.39. The van der Waals surface area contributed by atoms with E-state index in [2.05, 4.69) is 0 Å². The molecule has 1 unspecified atom stereocenters. The fourth-order valence-electron chi connectivity index (χ4n) is 0.811. The van der Waals surface area contributed by atoms with E-state index >= 15 is 0 Å². The molecule has 2 atom stereocenters. The summed E-state index contributed by atoms with van der Waals surface area (Å²) in [6.45, 7) is 1.80. The van der Waals surface area contributed by atoms with E-state index in [1.165, 1.54) is 11.1 Å². The minimum Gasteiger partial charge on any atom is -0.321 e. The van der Waals surface area contributed by atoms with Crippen LogP contribution in [0, 0.1) is 5.92 Å². The maximum absolute atomic E-state index is 13.1. The average Bonchev–Trinajstić information content (AvgIpc) is 2.02. The highest BCUT2D eigenvalue weighted by atomic mass is 19.1. The van der Waals surface area contributed by atoms with Gasteiger partial charge >= 0.3 is 0 Å². The lowest BCUT2D eigenvalue weighted by Gasteiger charge is -2.15. The zero-order chi connectivity index (χ0) is 10.4. The van der Waals surface area contributed by atoms with Crippen molar-refractivity contribution in [1.29, 1.82) is 0 Å². The van der Waals surface area contributed by atoms with Crippen molar-refractivity contribution in [3.63, 3.8) is 0 Å². The second kappa shape index (κ2) is 5.80. The lowest BCUT2D eigenvalue weighted by molar-refractivity contribution is -0.109. The topological polar surface area (TPSA) is 72.4 Å². The van der Waals surface area contributed by atoms with Crippen molar-refractivity contribution < 1.29 is 9.18 Å². The molecule has 5 heteroatoms. The zero-order valence-corrected chi connectivity index (χ0v) is 7.90. The van der Waals surface area contributed by atoms with Crippen LogP contribution in [0.4, 0.5) is 4.39 Å². The molecule has 0 aromatic rings. The Bertz CT molecular complexity index is 194. The first-order chi connectivity index (χ1) is 5.97. The van der Waals surface area contributed by atoms with E-state index < -0.39 is 17.8 Å². The number of carbonyl (C=O) groups is 1. The summed E-state index contributed by atoms with van der Waals surface area (Å²) in [5.41, 5.74) is 5.44. The van der Waals surface area contributed by atoms with Crippen LogP contribution in [0.25, 0.3) is 0 Å². The highest BCUT2D eigenvalue weighted by Gasteiger charge is 2.11. The van der Waals surface area contributed by atoms with Crippen LogP contribution in [0.1, 0.15) is 6.92 Å². The number of rotatable bonds is 5. The van der Waals surface area contributed by atoms with Gasteiger partial charge in [-0.25, -0.2) is 9.40 Å². The first kappa shape index (κ1) is 12.2. The van der Waals surface area contributed by atoms with Gasteiger partial charge < -0.3 is 10.5 Å². The van der Waals surface area contributed by atoms with Gasteiger partial charge in [-0.15, -0.1) is 0 Å². The minimum absolute atomic E-state index is 0.216. The number of carbonyl (C=O) groups excluding carboxylic acids is 1. The van der Waals surface area contributed by atoms with Gasteiger partial charge in [-0.1, -0.05) is 6.92 Å². The maximum Gasteiger partial charge on any atom is 0.126 e. The second-order valence-electron chi connectivity index (χ2n) is 3.09. The Morgan fingerprint density at radius 3 is 2.62 bits per heavy atom. The third-order valence-electron chi connectivity index (χ3n) is 1.48. The molecule has 0 fully saturated rings. The molecule has 0 radical (unpaired) electrons. The van der Waals surface area contributed by atoms with Crippen LogP contribution in [0.3, 0.4) is 0 Å². The number of allylic oxidation sites excluding steroid dienone is 1. The summed E-state index contributed by atoms with van der Waals surface area (Å²) in [6, 6.07) is -0.766. The standard InChI is InChI=1S/C8H16FN3O/c1-6(5-13)3-7(9)8(10)4-12(2)11/h3,5-6,8H,4,10-11H2,1-2H3/b7-3-/t6-,8?/m1/s1. The molecule has 0 saturated heterocycles. The van der Waals surface area contributed by atoms with Gasteiger partial charge in [-0.2, -0.15) is 0 Å². The number of nitrogens with zero attached hydrogens (tertiary/aromatic N) is 1. The van der Waals surface area contributed by atoms with Crippen molar-refractivity contribution in [2.24, 2.45) is 17.5 Å². The smallest absolute Gasteiger partial charge is 0.126 e. The maximum atomic E-state index is 13.1. The Labute approximate surface area is 77.3 Å². The first-order valence-electron chi connectivity index (χ1n) is 4.01. The number of hydrogen-bond donors (Lipinski definition) is 2. The summed E-state index contributed by atoms with van der Waals surface area (Å²) in [5.74, 6) is 4.33. The molecule has 0 aromatic carbocycles. The van der Waals surface area contributed by atoms with Gasteiger partial charge in [0.2, 0.25) is 0 Å². The van der Waals surface area contributed by atoms with Gasteiger partial charge in [0, 0.05) is 19.5 Å². The zero-order valence-electron chi connectivity index (χ0n) is 7.90. The molecule has 4 N–H and O–H groups in total. The number of nitrogens with two attached hydrogens (primary N) is 2. The molecule has 0 aliphatic rings. The third kappa shape index (κ3) is 5.46. The second-order valence-corrected chi connectivity index (χ2v) is 3.09. The summed E-state index contributed by atoms with van der Waals surface area (Å²) in [6.07, 6.45) is 1.85. The number of halogens is 1. The van der Waals surface area contributed by atoms with Gasteiger partial charge in [0.1, 0.15) is 12.1 Å². The van der Waals surface area contributed by atoms with Crippen LogP contribution >= 0.6 is 0 Å². The summed E-state index contributed by atoms with van der Waals surface area (Å²) in [4.78, 5) is 10.2. The molecular formula is C8H16FN3O. The van der Waals surface area contributed by atoms with Crippen molar-refractivity contribution in [2.75, 3.05) is 13.6 Å². The van der Waals surface area contributed by atoms with Gasteiger partial charge in [-0.05, 0) is 6.08 Å². The number of hydrazine groups is 1. The summed E-state index contributed by atoms with van der Waals surface area (Å²) in [5, 5.41) is 1.30. The minimum atomic E-state index is -0.766. The molecule has 0 aliphatic heterocycles. The largest absolute Gasteiger partial charge is 0.321 e. The molecule has 0 spiro atoms. The van der Waals surface area contributed by atoms with Crippen molar-refractivity contribution in [3.8, 4) is 0 Å². The van der Waals surface area contributed by atoms with Crippen molar-refractivity contribution in [2.45, 2.75) is 13.0 Å². The van der Waals surface area contributed by atoms with Crippen molar-refractivity contribution in [1.82, 2.24) is 5.01 Å². The fourth-order valence-corrected chi connectivity index (χ4v) is 0.811. The Morgan fingerprint density at radius 1 is 1.69 bits per heavy atom. The van der Waals surface area contributed by atoms with E-state index in [1.54, 1.807) is 14.0 Å². The van der Waals surface area contributed by atoms with E-state index in [0.29, 0.717) is 6.29 Å². The van der Waals surface area contributed by atoms with Crippen molar-refractivity contribution >= 4 is 6.29 Å². The molecule has 0 aliphatic carbocycles. The summed E-state index contributed by atoms with van der Waals surface area (Å²) in [7, 11) is 1.59. The van der Waals surface area contributed by atoms with E-state index in [1.807, 2.05) is 0 Å².